The molecule has 0 saturated heterocycles. The molecule has 212 valence electrons. The van der Waals surface area contributed by atoms with Crippen molar-refractivity contribution in [3.05, 3.63) is 107 Å². The van der Waals surface area contributed by atoms with Crippen molar-refractivity contribution in [1.82, 2.24) is 19.1 Å². The fourth-order valence-electron chi connectivity index (χ4n) is 3.70. The highest BCUT2D eigenvalue weighted by molar-refractivity contribution is 5.91. The van der Waals surface area contributed by atoms with Gasteiger partial charge in [0.05, 0.1) is 11.9 Å². The van der Waals surface area contributed by atoms with Gasteiger partial charge in [-0.25, -0.2) is 9.59 Å². The fourth-order valence-corrected chi connectivity index (χ4v) is 3.70. The summed E-state index contributed by atoms with van der Waals surface area (Å²) in [5.74, 6) is -0.0863. The zero-order valence-electron chi connectivity index (χ0n) is 22.2. The largest absolute Gasteiger partial charge is 0.439 e. The minimum Gasteiger partial charge on any atom is -0.439 e. The maximum atomic E-state index is 12.3. The minimum atomic E-state index is -0.587. The second-order valence-electron chi connectivity index (χ2n) is 9.13. The molecule has 0 saturated carbocycles. The van der Waals surface area contributed by atoms with Crippen molar-refractivity contribution < 1.29 is 14.0 Å². The highest BCUT2D eigenvalue weighted by atomic mass is 16.4. The number of aromatic amines is 2. The molecule has 3 heterocycles. The number of hydrogen-bond donors (Lipinski definition) is 4. The molecule has 0 radical (unpaired) electrons. The quantitative estimate of drug-likeness (QED) is 0.210. The van der Waals surface area contributed by atoms with Crippen molar-refractivity contribution in [2.24, 2.45) is 4.99 Å². The molecule has 0 aliphatic heterocycles. The van der Waals surface area contributed by atoms with Gasteiger partial charge in [-0.3, -0.25) is 48.6 Å². The normalized spacial score (nSPS) is 11.1. The van der Waals surface area contributed by atoms with Crippen molar-refractivity contribution in [2.75, 3.05) is 10.6 Å². The molecule has 0 unspecified atom stereocenters. The molecule has 14 heteroatoms. The molecule has 0 aliphatic carbocycles. The Morgan fingerprint density at radius 3 is 1.90 bits per heavy atom. The fraction of sp³-hybridized carbons (Fsp3) is 0.222. The second-order valence-corrected chi connectivity index (χ2v) is 9.13. The van der Waals surface area contributed by atoms with Crippen molar-refractivity contribution in [3.8, 4) is 0 Å². The van der Waals surface area contributed by atoms with Gasteiger partial charge in [-0.05, 0) is 44.2 Å². The van der Waals surface area contributed by atoms with E-state index >= 15 is 0 Å². The zero-order chi connectivity index (χ0) is 29.5. The number of carbonyl (C=O) groups is 2. The van der Waals surface area contributed by atoms with Crippen LogP contribution in [0.1, 0.15) is 29.7 Å². The van der Waals surface area contributed by atoms with E-state index in [-0.39, 0.29) is 43.6 Å². The van der Waals surface area contributed by atoms with E-state index < -0.39 is 22.5 Å². The van der Waals surface area contributed by atoms with Crippen molar-refractivity contribution in [2.45, 2.75) is 39.8 Å². The molecule has 4 N–H and O–H groups in total. The van der Waals surface area contributed by atoms with Crippen LogP contribution < -0.4 is 33.1 Å². The van der Waals surface area contributed by atoms with Crippen LogP contribution in [0.3, 0.4) is 0 Å². The van der Waals surface area contributed by atoms with Crippen molar-refractivity contribution in [1.29, 1.82) is 0 Å². The number of aliphatic imine (C=N–C) groups is 1. The Kier molecular flexibility index (Phi) is 8.72. The van der Waals surface area contributed by atoms with Gasteiger partial charge >= 0.3 is 11.4 Å². The van der Waals surface area contributed by atoms with Crippen LogP contribution in [0.2, 0.25) is 0 Å². The number of rotatable bonds is 10. The van der Waals surface area contributed by atoms with Gasteiger partial charge in [0, 0.05) is 61.2 Å². The van der Waals surface area contributed by atoms with Crippen LogP contribution >= 0.6 is 0 Å². The third-order valence-corrected chi connectivity index (χ3v) is 5.92. The van der Waals surface area contributed by atoms with Crippen LogP contribution in [0, 0.1) is 13.8 Å². The molecule has 4 rings (SSSR count). The maximum Gasteiger partial charge on any atom is 0.328 e. The van der Waals surface area contributed by atoms with Gasteiger partial charge in [0.15, 0.2) is 5.88 Å². The minimum absolute atomic E-state index is 0.0102. The molecule has 2 amide bonds. The monoisotopic (exact) mass is 561 g/mol. The lowest BCUT2D eigenvalue weighted by Gasteiger charge is -2.07. The lowest BCUT2D eigenvalue weighted by atomic mass is 10.2. The molecular weight excluding hydrogens is 534 g/mol. The molecule has 1 aromatic carbocycles. The number of aryl methyl sites for hydroxylation is 4. The van der Waals surface area contributed by atoms with E-state index in [1.807, 2.05) is 0 Å². The predicted molar refractivity (Wildman–Crippen MR) is 151 cm³/mol. The van der Waals surface area contributed by atoms with Crippen LogP contribution in [-0.4, -0.2) is 37.1 Å². The maximum absolute atomic E-state index is 12.3. The van der Waals surface area contributed by atoms with Crippen molar-refractivity contribution >= 4 is 35.3 Å². The molecule has 0 aliphatic rings. The second kappa shape index (κ2) is 12.5. The van der Waals surface area contributed by atoms with Gasteiger partial charge in [0.1, 0.15) is 5.76 Å². The Balaban J connectivity index is 1.25. The highest BCUT2D eigenvalue weighted by Crippen LogP contribution is 2.18. The van der Waals surface area contributed by atoms with Gasteiger partial charge in [0.2, 0.25) is 11.8 Å². The van der Waals surface area contributed by atoms with E-state index in [0.29, 0.717) is 28.3 Å². The predicted octanol–water partition coefficient (Wildman–Crippen LogP) is 1.40. The SMILES string of the molecule is Cc1cn(CCC(=O)Nc2ccc(/N=C/c3ccc(NC(=O)CCn4cc(C)c(=O)[nH]c4=O)o3)cc2)c(=O)[nH]c1=O. The summed E-state index contributed by atoms with van der Waals surface area (Å²) in [7, 11) is 0. The molecule has 0 atom stereocenters. The number of furan rings is 1. The summed E-state index contributed by atoms with van der Waals surface area (Å²) in [5.41, 5.74) is -0.202. The molecule has 0 spiro atoms. The lowest BCUT2D eigenvalue weighted by Crippen LogP contribution is -2.31. The van der Waals surface area contributed by atoms with Crippen LogP contribution in [-0.2, 0) is 22.7 Å². The first-order valence-electron chi connectivity index (χ1n) is 12.5. The average Bonchev–Trinajstić information content (AvgIpc) is 3.38. The van der Waals surface area contributed by atoms with Gasteiger partial charge in [-0.1, -0.05) is 0 Å². The van der Waals surface area contributed by atoms with E-state index in [1.165, 1.54) is 27.7 Å². The standard InChI is InChI=1S/C27H27N7O7/c1-16-14-33(26(39)31-24(16)37)11-9-21(35)29-19-5-3-18(4-6-19)28-13-20-7-8-23(41-20)30-22(36)10-12-34-15-17(2)25(38)32-27(34)40/h3-8,13-15H,9-12H2,1-2H3,(H,29,35)(H,30,36)(H,31,37,39)(H,32,38,40)/b28-13+. The summed E-state index contributed by atoms with van der Waals surface area (Å²) in [6, 6.07) is 9.91. The number of carbonyl (C=O) groups excluding carboxylic acids is 2. The number of amides is 2. The molecule has 14 nitrogen and oxygen atoms in total. The first-order valence-corrected chi connectivity index (χ1v) is 12.5. The Morgan fingerprint density at radius 2 is 1.34 bits per heavy atom. The summed E-state index contributed by atoms with van der Waals surface area (Å²) in [4.78, 5) is 79.8. The van der Waals surface area contributed by atoms with Gasteiger partial charge in [-0.2, -0.15) is 0 Å². The van der Waals surface area contributed by atoms with Crippen LogP contribution in [0.25, 0.3) is 0 Å². The number of nitrogens with one attached hydrogen (secondary N) is 4. The van der Waals surface area contributed by atoms with E-state index in [9.17, 15) is 28.8 Å². The van der Waals surface area contributed by atoms with Crippen LogP contribution in [0.5, 0.6) is 0 Å². The first kappa shape index (κ1) is 28.5. The van der Waals surface area contributed by atoms with Crippen molar-refractivity contribution in [3.63, 3.8) is 0 Å². The summed E-state index contributed by atoms with van der Waals surface area (Å²) in [5, 5.41) is 5.34. The third kappa shape index (κ3) is 7.75. The Labute approximate surface area is 231 Å². The zero-order valence-corrected chi connectivity index (χ0v) is 22.2. The first-order chi connectivity index (χ1) is 19.6. The van der Waals surface area contributed by atoms with Gasteiger partial charge < -0.3 is 9.73 Å². The Hall–Kier alpha value is -5.53. The summed E-state index contributed by atoms with van der Waals surface area (Å²) >= 11 is 0. The molecule has 4 aromatic rings. The van der Waals surface area contributed by atoms with Gasteiger partial charge in [0.25, 0.3) is 11.1 Å². The number of hydrogen-bond acceptors (Lipinski definition) is 8. The third-order valence-electron chi connectivity index (χ3n) is 5.92. The topological polar surface area (TPSA) is 193 Å². The number of H-pyrrole nitrogens is 2. The average molecular weight is 562 g/mol. The van der Waals surface area contributed by atoms with Crippen LogP contribution in [0.15, 0.2) is 77.4 Å². The van der Waals surface area contributed by atoms with E-state index in [0.717, 1.165) is 0 Å². The summed E-state index contributed by atoms with van der Waals surface area (Å²) in [6.07, 6.45) is 4.31. The number of nitrogens with zero attached hydrogens (tertiary/aromatic N) is 3. The highest BCUT2D eigenvalue weighted by Gasteiger charge is 2.09. The number of aromatic nitrogens is 4. The number of anilines is 2. The van der Waals surface area contributed by atoms with E-state index in [1.54, 1.807) is 50.2 Å². The smallest absolute Gasteiger partial charge is 0.328 e. The molecule has 3 aromatic heterocycles. The van der Waals surface area contributed by atoms with E-state index in [2.05, 4.69) is 25.6 Å². The van der Waals surface area contributed by atoms with E-state index in [4.69, 9.17) is 4.42 Å². The van der Waals surface area contributed by atoms with Gasteiger partial charge in [-0.15, -0.1) is 0 Å². The Bertz CT molecular complexity index is 1840. The number of benzene rings is 1. The molecular formula is C27H27N7O7. The summed E-state index contributed by atoms with van der Waals surface area (Å²) in [6.45, 7) is 3.35. The van der Waals surface area contributed by atoms with Crippen LogP contribution in [0.4, 0.5) is 17.3 Å². The molecule has 0 fully saturated rings. The molecule has 0 bridgehead atoms. The lowest BCUT2D eigenvalue weighted by molar-refractivity contribution is -0.117. The summed E-state index contributed by atoms with van der Waals surface area (Å²) < 4.78 is 8.08. The molecule has 41 heavy (non-hydrogen) atoms. The Morgan fingerprint density at radius 1 is 0.805 bits per heavy atom.